The zero-order chi connectivity index (χ0) is 16.3. The van der Waals surface area contributed by atoms with E-state index < -0.39 is 29.7 Å². The van der Waals surface area contributed by atoms with Crippen LogP contribution in [0.15, 0.2) is 15.8 Å². The van der Waals surface area contributed by atoms with Crippen molar-refractivity contribution in [2.75, 3.05) is 19.7 Å². The van der Waals surface area contributed by atoms with Crippen LogP contribution in [0.2, 0.25) is 0 Å². The molecular formula is C14H23N3O5. The van der Waals surface area contributed by atoms with E-state index in [1.807, 2.05) is 13.8 Å². The number of hydrogen-bond acceptors (Lipinski definition) is 6. The average molecular weight is 313 g/mol. The van der Waals surface area contributed by atoms with Crippen LogP contribution in [0.1, 0.15) is 32.1 Å². The van der Waals surface area contributed by atoms with E-state index >= 15 is 0 Å². The van der Waals surface area contributed by atoms with E-state index in [1.54, 1.807) is 0 Å². The molecule has 1 aromatic rings. The highest BCUT2D eigenvalue weighted by molar-refractivity contribution is 5.05. The van der Waals surface area contributed by atoms with Crippen LogP contribution in [0.4, 0.5) is 0 Å². The molecule has 3 N–H and O–H groups in total. The molecule has 1 aromatic heterocycles. The summed E-state index contributed by atoms with van der Waals surface area (Å²) < 4.78 is 6.75. The second-order valence-corrected chi connectivity index (χ2v) is 5.40. The highest BCUT2D eigenvalue weighted by Crippen LogP contribution is 2.27. The third-order valence-electron chi connectivity index (χ3n) is 4.02. The Hall–Kier alpha value is -1.48. The van der Waals surface area contributed by atoms with Gasteiger partial charge in [0, 0.05) is 24.7 Å². The molecule has 8 heteroatoms. The van der Waals surface area contributed by atoms with Crippen molar-refractivity contribution in [3.8, 4) is 0 Å². The summed E-state index contributed by atoms with van der Waals surface area (Å²) >= 11 is 0. The van der Waals surface area contributed by atoms with Crippen molar-refractivity contribution < 1.29 is 14.9 Å². The number of aromatic amines is 1. The van der Waals surface area contributed by atoms with E-state index in [4.69, 9.17) is 9.84 Å². The normalized spacial score (nSPS) is 25.0. The number of aromatic nitrogens is 2. The second-order valence-electron chi connectivity index (χ2n) is 5.40. The number of hydrogen-bond donors (Lipinski definition) is 3. The molecule has 3 atom stereocenters. The van der Waals surface area contributed by atoms with Crippen LogP contribution in [0.5, 0.6) is 0 Å². The van der Waals surface area contributed by atoms with Crippen molar-refractivity contribution in [2.45, 2.75) is 45.2 Å². The van der Waals surface area contributed by atoms with E-state index in [2.05, 4.69) is 9.88 Å². The first kappa shape index (κ1) is 16.9. The molecule has 0 aliphatic carbocycles. The van der Waals surface area contributed by atoms with Gasteiger partial charge < -0.3 is 14.9 Å². The van der Waals surface area contributed by atoms with Gasteiger partial charge in [-0.3, -0.25) is 19.2 Å². The molecule has 0 aromatic carbocycles. The zero-order valence-electron chi connectivity index (χ0n) is 12.9. The van der Waals surface area contributed by atoms with Gasteiger partial charge in [0.1, 0.15) is 12.3 Å². The summed E-state index contributed by atoms with van der Waals surface area (Å²) in [6.07, 6.45) is -0.555. The lowest BCUT2D eigenvalue weighted by molar-refractivity contribution is -0.0460. The average Bonchev–Trinajstić information content (AvgIpc) is 2.87. The summed E-state index contributed by atoms with van der Waals surface area (Å²) in [4.78, 5) is 28.3. The van der Waals surface area contributed by atoms with Gasteiger partial charge >= 0.3 is 5.69 Å². The van der Waals surface area contributed by atoms with Gasteiger partial charge in [0.2, 0.25) is 0 Å². The molecule has 124 valence electrons. The predicted octanol–water partition coefficient (Wildman–Crippen LogP) is -0.981. The molecule has 0 spiro atoms. The van der Waals surface area contributed by atoms with Gasteiger partial charge in [0.05, 0.1) is 12.7 Å². The molecule has 1 aliphatic heterocycles. The lowest BCUT2D eigenvalue weighted by Gasteiger charge is -2.19. The molecule has 1 saturated heterocycles. The number of aliphatic hydroxyl groups excluding tert-OH is 2. The van der Waals surface area contributed by atoms with Crippen molar-refractivity contribution in [2.24, 2.45) is 0 Å². The topological polar surface area (TPSA) is 108 Å². The van der Waals surface area contributed by atoms with Crippen molar-refractivity contribution in [1.29, 1.82) is 0 Å². The maximum atomic E-state index is 12.0. The van der Waals surface area contributed by atoms with Crippen molar-refractivity contribution in [1.82, 2.24) is 14.5 Å². The SMILES string of the molecule is CCN(CC)Cc1cn([C@H]2C[C@H](O)[C@@H](CO)O2)c(=O)[nH]c1=O. The Kier molecular flexibility index (Phi) is 5.52. The Bertz CT molecular complexity index is 607. The van der Waals surface area contributed by atoms with Crippen LogP contribution in [0, 0.1) is 0 Å². The van der Waals surface area contributed by atoms with E-state index in [-0.39, 0.29) is 13.0 Å². The van der Waals surface area contributed by atoms with Gasteiger partial charge in [0.25, 0.3) is 5.56 Å². The molecule has 0 bridgehead atoms. The standard InChI is InChI=1S/C14H23N3O5/c1-3-16(4-2)6-9-7-17(14(21)15-13(9)20)12-5-10(19)11(8-18)22-12/h7,10-12,18-19H,3-6,8H2,1-2H3,(H,15,20,21)/t10-,11+,12+/m0/s1. The fourth-order valence-corrected chi connectivity index (χ4v) is 2.59. The smallest absolute Gasteiger partial charge is 0.330 e. The highest BCUT2D eigenvalue weighted by Gasteiger charge is 2.35. The third kappa shape index (κ3) is 3.46. The largest absolute Gasteiger partial charge is 0.394 e. The first-order valence-electron chi connectivity index (χ1n) is 7.51. The molecule has 1 fully saturated rings. The van der Waals surface area contributed by atoms with Crippen LogP contribution in [-0.4, -0.2) is 56.6 Å². The number of nitrogens with one attached hydrogen (secondary N) is 1. The maximum absolute atomic E-state index is 12.0. The third-order valence-corrected chi connectivity index (χ3v) is 4.02. The fourth-order valence-electron chi connectivity index (χ4n) is 2.59. The molecule has 1 aliphatic rings. The van der Waals surface area contributed by atoms with Gasteiger partial charge in [-0.2, -0.15) is 0 Å². The summed E-state index contributed by atoms with van der Waals surface area (Å²) in [6.45, 7) is 5.69. The molecule has 22 heavy (non-hydrogen) atoms. The molecule has 0 unspecified atom stereocenters. The first-order chi connectivity index (χ1) is 10.5. The lowest BCUT2D eigenvalue weighted by Crippen LogP contribution is -2.36. The number of rotatable bonds is 6. The van der Waals surface area contributed by atoms with Gasteiger partial charge in [-0.05, 0) is 13.1 Å². The number of aliphatic hydroxyl groups is 2. The summed E-state index contributed by atoms with van der Waals surface area (Å²) in [6, 6.07) is 0. The molecular weight excluding hydrogens is 290 g/mol. The molecule has 0 saturated carbocycles. The van der Waals surface area contributed by atoms with Crippen molar-refractivity contribution in [3.63, 3.8) is 0 Å². The Morgan fingerprint density at radius 1 is 1.41 bits per heavy atom. The molecule has 2 rings (SSSR count). The van der Waals surface area contributed by atoms with Crippen molar-refractivity contribution >= 4 is 0 Å². The van der Waals surface area contributed by atoms with Crippen LogP contribution >= 0.6 is 0 Å². The minimum atomic E-state index is -0.833. The molecule has 0 radical (unpaired) electrons. The minimum absolute atomic E-state index is 0.196. The Morgan fingerprint density at radius 3 is 2.64 bits per heavy atom. The summed E-state index contributed by atoms with van der Waals surface area (Å²) in [5, 5.41) is 18.9. The lowest BCUT2D eigenvalue weighted by atomic mass is 10.2. The summed E-state index contributed by atoms with van der Waals surface area (Å²) in [5.41, 5.74) is -0.525. The van der Waals surface area contributed by atoms with E-state index in [0.717, 1.165) is 13.1 Å². The maximum Gasteiger partial charge on any atom is 0.330 e. The van der Waals surface area contributed by atoms with Gasteiger partial charge in [0.15, 0.2) is 0 Å². The Labute approximate surface area is 128 Å². The van der Waals surface area contributed by atoms with Crippen LogP contribution in [0.25, 0.3) is 0 Å². The minimum Gasteiger partial charge on any atom is -0.394 e. The highest BCUT2D eigenvalue weighted by atomic mass is 16.5. The van der Waals surface area contributed by atoms with Crippen LogP contribution in [-0.2, 0) is 11.3 Å². The number of H-pyrrole nitrogens is 1. The van der Waals surface area contributed by atoms with Crippen LogP contribution < -0.4 is 11.2 Å². The molecule has 0 amide bonds. The van der Waals surface area contributed by atoms with Gasteiger partial charge in [-0.25, -0.2) is 4.79 Å². The van der Waals surface area contributed by atoms with Crippen LogP contribution in [0.3, 0.4) is 0 Å². The second kappa shape index (κ2) is 7.19. The zero-order valence-corrected chi connectivity index (χ0v) is 12.9. The molecule has 8 nitrogen and oxygen atoms in total. The Balaban J connectivity index is 2.29. The number of nitrogens with zero attached hydrogens (tertiary/aromatic N) is 2. The van der Waals surface area contributed by atoms with E-state index in [0.29, 0.717) is 12.1 Å². The van der Waals surface area contributed by atoms with Crippen molar-refractivity contribution in [3.05, 3.63) is 32.6 Å². The fraction of sp³-hybridized carbons (Fsp3) is 0.714. The predicted molar refractivity (Wildman–Crippen MR) is 79.6 cm³/mol. The Morgan fingerprint density at radius 2 is 2.09 bits per heavy atom. The summed E-state index contributed by atoms with van der Waals surface area (Å²) in [7, 11) is 0. The monoisotopic (exact) mass is 313 g/mol. The van der Waals surface area contributed by atoms with Gasteiger partial charge in [-0.1, -0.05) is 13.8 Å². The van der Waals surface area contributed by atoms with E-state index in [9.17, 15) is 14.7 Å². The quantitative estimate of drug-likeness (QED) is 0.623. The molecule has 2 heterocycles. The van der Waals surface area contributed by atoms with Gasteiger partial charge in [-0.15, -0.1) is 0 Å². The summed E-state index contributed by atoms with van der Waals surface area (Å²) in [5.74, 6) is 0. The first-order valence-corrected chi connectivity index (χ1v) is 7.51. The number of ether oxygens (including phenoxy) is 1. The van der Waals surface area contributed by atoms with E-state index in [1.165, 1.54) is 10.8 Å².